The predicted molar refractivity (Wildman–Crippen MR) is 114 cm³/mol. The number of carbonyl (C=O) groups excluding carboxylic acids is 1. The van der Waals surface area contributed by atoms with Gasteiger partial charge in [-0.25, -0.2) is 9.97 Å². The molecule has 1 aliphatic heterocycles. The molecule has 1 amide bonds. The zero-order chi connectivity index (χ0) is 20.8. The van der Waals surface area contributed by atoms with Crippen molar-refractivity contribution >= 4 is 5.91 Å². The highest BCUT2D eigenvalue weighted by atomic mass is 16.5. The second-order valence-electron chi connectivity index (χ2n) is 8.16. The van der Waals surface area contributed by atoms with E-state index in [-0.39, 0.29) is 11.9 Å². The van der Waals surface area contributed by atoms with Crippen LogP contribution in [0.5, 0.6) is 5.75 Å². The molecule has 6 nitrogen and oxygen atoms in total. The van der Waals surface area contributed by atoms with E-state index in [9.17, 15) is 4.79 Å². The van der Waals surface area contributed by atoms with Gasteiger partial charge in [0, 0.05) is 19.3 Å². The summed E-state index contributed by atoms with van der Waals surface area (Å²) in [6.45, 7) is 8.95. The van der Waals surface area contributed by atoms with Crippen molar-refractivity contribution in [1.29, 1.82) is 0 Å². The second kappa shape index (κ2) is 9.83. The number of hydrogen-bond acceptors (Lipinski definition) is 5. The Labute approximate surface area is 173 Å². The number of piperidine rings is 1. The molecular weight excluding hydrogens is 364 g/mol. The number of aromatic nitrogens is 2. The number of aryl methyl sites for hydroxylation is 1. The van der Waals surface area contributed by atoms with Gasteiger partial charge in [-0.05, 0) is 49.9 Å². The number of methoxy groups -OCH3 is 1. The van der Waals surface area contributed by atoms with Crippen LogP contribution in [-0.2, 0) is 6.54 Å². The van der Waals surface area contributed by atoms with Crippen molar-refractivity contribution in [3.05, 3.63) is 53.1 Å². The molecule has 1 aliphatic rings. The second-order valence-corrected chi connectivity index (χ2v) is 8.16. The van der Waals surface area contributed by atoms with Crippen LogP contribution < -0.4 is 10.1 Å². The maximum absolute atomic E-state index is 12.7. The smallest absolute Gasteiger partial charge is 0.254 e. The summed E-state index contributed by atoms with van der Waals surface area (Å²) < 4.78 is 5.23. The molecule has 29 heavy (non-hydrogen) atoms. The van der Waals surface area contributed by atoms with Gasteiger partial charge in [-0.2, -0.15) is 0 Å². The van der Waals surface area contributed by atoms with Gasteiger partial charge in [0.25, 0.3) is 5.91 Å². The normalized spacial score (nSPS) is 17.3. The maximum atomic E-state index is 12.7. The first kappa shape index (κ1) is 21.2. The Kier molecular flexibility index (Phi) is 7.20. The molecule has 2 aromatic rings. The van der Waals surface area contributed by atoms with Crippen LogP contribution in [0.25, 0.3) is 0 Å². The Hall–Kier alpha value is -2.47. The van der Waals surface area contributed by atoms with Crippen LogP contribution >= 0.6 is 0 Å². The Morgan fingerprint density at radius 1 is 1.34 bits per heavy atom. The molecule has 0 radical (unpaired) electrons. The average molecular weight is 397 g/mol. The molecule has 0 bridgehead atoms. The largest absolute Gasteiger partial charge is 0.497 e. The van der Waals surface area contributed by atoms with Crippen molar-refractivity contribution in [2.45, 2.75) is 52.6 Å². The van der Waals surface area contributed by atoms with Gasteiger partial charge in [0.05, 0.1) is 24.4 Å². The zero-order valence-corrected chi connectivity index (χ0v) is 17.9. The van der Waals surface area contributed by atoms with Gasteiger partial charge in [-0.15, -0.1) is 0 Å². The maximum Gasteiger partial charge on any atom is 0.254 e. The number of benzene rings is 1. The summed E-state index contributed by atoms with van der Waals surface area (Å²) in [5, 5.41) is 2.96. The van der Waals surface area contributed by atoms with Gasteiger partial charge in [0.1, 0.15) is 11.6 Å². The van der Waals surface area contributed by atoms with E-state index in [0.717, 1.165) is 42.3 Å². The van der Waals surface area contributed by atoms with Crippen LogP contribution in [0.4, 0.5) is 0 Å². The van der Waals surface area contributed by atoms with E-state index < -0.39 is 0 Å². The molecule has 3 rings (SSSR count). The summed E-state index contributed by atoms with van der Waals surface area (Å²) in [4.78, 5) is 24.5. The summed E-state index contributed by atoms with van der Waals surface area (Å²) in [7, 11) is 1.63. The summed E-state index contributed by atoms with van der Waals surface area (Å²) in [6.07, 6.45) is 5.19. The van der Waals surface area contributed by atoms with E-state index in [4.69, 9.17) is 9.72 Å². The number of amides is 1. The van der Waals surface area contributed by atoms with E-state index in [0.29, 0.717) is 18.0 Å². The predicted octanol–water partition coefficient (Wildman–Crippen LogP) is 3.91. The Morgan fingerprint density at radius 3 is 2.90 bits per heavy atom. The van der Waals surface area contributed by atoms with E-state index in [1.165, 1.54) is 12.8 Å². The van der Waals surface area contributed by atoms with Gasteiger partial charge in [-0.3, -0.25) is 9.69 Å². The third-order valence-electron chi connectivity index (χ3n) is 5.34. The third kappa shape index (κ3) is 5.54. The molecule has 0 saturated carbocycles. The fourth-order valence-electron chi connectivity index (χ4n) is 3.90. The van der Waals surface area contributed by atoms with Crippen LogP contribution in [0, 0.1) is 12.8 Å². The minimum atomic E-state index is -0.153. The van der Waals surface area contributed by atoms with Gasteiger partial charge in [-0.1, -0.05) is 32.4 Å². The van der Waals surface area contributed by atoms with Crippen molar-refractivity contribution in [3.63, 3.8) is 0 Å². The highest BCUT2D eigenvalue weighted by Gasteiger charge is 2.27. The fourth-order valence-corrected chi connectivity index (χ4v) is 3.90. The minimum Gasteiger partial charge on any atom is -0.497 e. The molecule has 2 heterocycles. The monoisotopic (exact) mass is 396 g/mol. The lowest BCUT2D eigenvalue weighted by Crippen LogP contribution is -2.37. The van der Waals surface area contributed by atoms with E-state index in [1.807, 2.05) is 31.2 Å². The highest BCUT2D eigenvalue weighted by Crippen LogP contribution is 2.29. The molecular formula is C23H32N4O2. The first-order valence-corrected chi connectivity index (χ1v) is 10.5. The number of carbonyl (C=O) groups is 1. The number of likely N-dealkylation sites (tertiary alicyclic amines) is 1. The summed E-state index contributed by atoms with van der Waals surface area (Å²) in [5.74, 6) is 2.07. The molecule has 6 heteroatoms. The lowest BCUT2D eigenvalue weighted by atomic mass is 9.99. The number of hydrogen-bond donors (Lipinski definition) is 1. The van der Waals surface area contributed by atoms with Gasteiger partial charge in [0.15, 0.2) is 0 Å². The van der Waals surface area contributed by atoms with E-state index >= 15 is 0 Å². The molecule has 1 aromatic heterocycles. The standard InChI is InChI=1S/C23H32N4O2/c1-16(2)15-27-11-6-5-10-21(27)22-24-14-20(17(3)26-22)23(28)25-13-18-8-7-9-19(12-18)29-4/h7-9,12,14,16,21H,5-6,10-11,13,15H2,1-4H3,(H,25,28)/t21-/m1/s1. The van der Waals surface area contributed by atoms with E-state index in [2.05, 4.69) is 29.0 Å². The van der Waals surface area contributed by atoms with Crippen molar-refractivity contribution in [2.24, 2.45) is 5.92 Å². The molecule has 0 spiro atoms. The van der Waals surface area contributed by atoms with Crippen molar-refractivity contribution < 1.29 is 9.53 Å². The number of nitrogens with zero attached hydrogens (tertiary/aromatic N) is 3. The lowest BCUT2D eigenvalue weighted by molar-refractivity contribution is 0.0948. The Morgan fingerprint density at radius 2 is 2.17 bits per heavy atom. The topological polar surface area (TPSA) is 67.3 Å². The summed E-state index contributed by atoms with van der Waals surface area (Å²) in [5.41, 5.74) is 2.25. The van der Waals surface area contributed by atoms with Gasteiger partial charge >= 0.3 is 0 Å². The fraction of sp³-hybridized carbons (Fsp3) is 0.522. The Bertz CT molecular complexity index is 837. The van der Waals surface area contributed by atoms with Crippen molar-refractivity contribution in [3.8, 4) is 5.75 Å². The highest BCUT2D eigenvalue weighted by molar-refractivity contribution is 5.94. The minimum absolute atomic E-state index is 0.153. The zero-order valence-electron chi connectivity index (χ0n) is 17.9. The number of ether oxygens (including phenoxy) is 1. The van der Waals surface area contributed by atoms with Crippen molar-refractivity contribution in [2.75, 3.05) is 20.2 Å². The number of nitrogens with one attached hydrogen (secondary N) is 1. The molecule has 0 unspecified atom stereocenters. The van der Waals surface area contributed by atoms with Crippen LogP contribution in [0.2, 0.25) is 0 Å². The molecule has 1 fully saturated rings. The molecule has 1 N–H and O–H groups in total. The van der Waals surface area contributed by atoms with Gasteiger partial charge < -0.3 is 10.1 Å². The van der Waals surface area contributed by atoms with E-state index in [1.54, 1.807) is 13.3 Å². The molecule has 0 aliphatic carbocycles. The first-order valence-electron chi connectivity index (χ1n) is 10.5. The van der Waals surface area contributed by atoms with Crippen LogP contribution in [0.15, 0.2) is 30.5 Å². The first-order chi connectivity index (χ1) is 14.0. The molecule has 1 atom stereocenters. The Balaban J connectivity index is 1.68. The summed E-state index contributed by atoms with van der Waals surface area (Å²) >= 11 is 0. The average Bonchev–Trinajstić information content (AvgIpc) is 2.72. The lowest BCUT2D eigenvalue weighted by Gasteiger charge is -2.35. The number of rotatable bonds is 7. The van der Waals surface area contributed by atoms with Crippen LogP contribution in [0.1, 0.15) is 66.6 Å². The molecule has 156 valence electrons. The quantitative estimate of drug-likeness (QED) is 0.769. The third-order valence-corrected chi connectivity index (χ3v) is 5.34. The van der Waals surface area contributed by atoms with Crippen LogP contribution in [0.3, 0.4) is 0 Å². The summed E-state index contributed by atoms with van der Waals surface area (Å²) in [6, 6.07) is 7.92. The SMILES string of the molecule is COc1cccc(CNC(=O)c2cnc([C@H]3CCCCN3CC(C)C)nc2C)c1. The van der Waals surface area contributed by atoms with Gasteiger partial charge in [0.2, 0.25) is 0 Å². The van der Waals surface area contributed by atoms with Crippen LogP contribution in [-0.4, -0.2) is 41.0 Å². The van der Waals surface area contributed by atoms with Crippen molar-refractivity contribution in [1.82, 2.24) is 20.2 Å². The molecule has 1 aromatic carbocycles. The molecule has 1 saturated heterocycles.